The number of amides is 1. The van der Waals surface area contributed by atoms with Crippen LogP contribution in [0.3, 0.4) is 0 Å². The Labute approximate surface area is 219 Å². The number of aliphatic hydroxyl groups is 1. The van der Waals surface area contributed by atoms with Gasteiger partial charge in [-0.2, -0.15) is 0 Å². The number of nitrogens with zero attached hydrogens (tertiary/aromatic N) is 1. The van der Waals surface area contributed by atoms with Gasteiger partial charge < -0.3 is 24.1 Å². The maximum Gasteiger partial charge on any atom is 0.300 e. The first-order valence-electron chi connectivity index (χ1n) is 11.4. The number of hydrogen-bond donors (Lipinski definition) is 1. The van der Waals surface area contributed by atoms with E-state index < -0.39 is 23.5 Å². The Morgan fingerprint density at radius 2 is 1.54 bits per heavy atom. The molecular formula is C28H26ClNO7. The van der Waals surface area contributed by atoms with Crippen molar-refractivity contribution in [1.29, 1.82) is 0 Å². The Bertz CT molecular complexity index is 1360. The number of carbonyl (C=O) groups is 2. The van der Waals surface area contributed by atoms with Crippen molar-refractivity contribution in [2.45, 2.75) is 13.0 Å². The molecule has 1 amide bonds. The smallest absolute Gasteiger partial charge is 0.300 e. The van der Waals surface area contributed by atoms with Crippen molar-refractivity contribution in [1.82, 2.24) is 0 Å². The van der Waals surface area contributed by atoms with Crippen LogP contribution in [0.5, 0.6) is 23.0 Å². The predicted molar refractivity (Wildman–Crippen MR) is 140 cm³/mol. The van der Waals surface area contributed by atoms with E-state index in [4.69, 9.17) is 30.5 Å². The summed E-state index contributed by atoms with van der Waals surface area (Å²) in [6, 6.07) is 15.6. The zero-order valence-electron chi connectivity index (χ0n) is 20.8. The second kappa shape index (κ2) is 10.8. The molecule has 0 bridgehead atoms. The first-order valence-corrected chi connectivity index (χ1v) is 11.8. The molecule has 8 nitrogen and oxygen atoms in total. The van der Waals surface area contributed by atoms with E-state index in [1.807, 2.05) is 6.92 Å². The van der Waals surface area contributed by atoms with Gasteiger partial charge in [0.2, 0.25) is 0 Å². The third-order valence-electron chi connectivity index (χ3n) is 6.00. The van der Waals surface area contributed by atoms with Crippen LogP contribution < -0.4 is 23.8 Å². The molecule has 0 spiro atoms. The fourth-order valence-electron chi connectivity index (χ4n) is 4.39. The lowest BCUT2D eigenvalue weighted by molar-refractivity contribution is -0.132. The molecule has 1 aliphatic rings. The summed E-state index contributed by atoms with van der Waals surface area (Å²) in [5.41, 5.74) is 0.916. The third-order valence-corrected chi connectivity index (χ3v) is 6.23. The van der Waals surface area contributed by atoms with Crippen molar-refractivity contribution in [3.8, 4) is 23.0 Å². The molecule has 1 atom stereocenters. The molecule has 0 aromatic heterocycles. The largest absolute Gasteiger partial charge is 0.506 e. The Kier molecular flexibility index (Phi) is 7.59. The molecule has 9 heteroatoms. The van der Waals surface area contributed by atoms with Crippen LogP contribution in [0.15, 0.2) is 66.2 Å². The van der Waals surface area contributed by atoms with Gasteiger partial charge in [0.15, 0.2) is 11.5 Å². The minimum absolute atomic E-state index is 0.139. The van der Waals surface area contributed by atoms with E-state index in [-0.39, 0.29) is 22.6 Å². The average molecular weight is 524 g/mol. The summed E-state index contributed by atoms with van der Waals surface area (Å²) in [4.78, 5) is 28.3. The van der Waals surface area contributed by atoms with Gasteiger partial charge in [0.25, 0.3) is 11.7 Å². The van der Waals surface area contributed by atoms with Gasteiger partial charge in [0, 0.05) is 10.7 Å². The van der Waals surface area contributed by atoms with E-state index in [0.717, 1.165) is 0 Å². The summed E-state index contributed by atoms with van der Waals surface area (Å²) < 4.78 is 22.0. The number of benzene rings is 3. The number of methoxy groups -OCH3 is 3. The zero-order chi connectivity index (χ0) is 26.7. The van der Waals surface area contributed by atoms with E-state index in [2.05, 4.69) is 0 Å². The van der Waals surface area contributed by atoms with Crippen LogP contribution in [-0.2, 0) is 9.59 Å². The average Bonchev–Trinajstić information content (AvgIpc) is 3.18. The van der Waals surface area contributed by atoms with Gasteiger partial charge in [-0.15, -0.1) is 0 Å². The molecule has 4 rings (SSSR count). The number of ketones is 1. The second-order valence-corrected chi connectivity index (χ2v) is 8.47. The quantitative estimate of drug-likeness (QED) is 0.240. The SMILES string of the molecule is CCOc1cc(C2/C(=C(\O)c3c(OC)cccc3OC)C(=O)C(=O)N2c2cccc(Cl)c2)ccc1OC. The number of halogens is 1. The van der Waals surface area contributed by atoms with Gasteiger partial charge >= 0.3 is 0 Å². The van der Waals surface area contributed by atoms with Gasteiger partial charge in [-0.05, 0) is 55.0 Å². The van der Waals surface area contributed by atoms with Crippen molar-refractivity contribution in [3.63, 3.8) is 0 Å². The summed E-state index contributed by atoms with van der Waals surface area (Å²) in [7, 11) is 4.39. The highest BCUT2D eigenvalue weighted by molar-refractivity contribution is 6.52. The fraction of sp³-hybridized carbons (Fsp3) is 0.214. The first-order chi connectivity index (χ1) is 17.9. The number of ether oxygens (including phenoxy) is 4. The molecular weight excluding hydrogens is 498 g/mol. The standard InChI is InChI=1S/C28H26ClNO7/c1-5-37-22-14-16(12-13-19(22)34-2)25-24(26(31)23-20(35-3)10-7-11-21(23)36-4)27(32)28(33)30(25)18-9-6-8-17(29)15-18/h6-15,25,31H,5H2,1-4H3/b26-24+. The molecule has 1 aliphatic heterocycles. The van der Waals surface area contributed by atoms with E-state index >= 15 is 0 Å². The molecule has 1 fully saturated rings. The predicted octanol–water partition coefficient (Wildman–Crippen LogP) is 5.39. The minimum atomic E-state index is -1.02. The van der Waals surface area contributed by atoms with Gasteiger partial charge in [-0.1, -0.05) is 29.8 Å². The van der Waals surface area contributed by atoms with Gasteiger partial charge in [0.1, 0.15) is 22.8 Å². The van der Waals surface area contributed by atoms with E-state index in [1.165, 1.54) is 26.2 Å². The van der Waals surface area contributed by atoms with Crippen LogP contribution in [0.1, 0.15) is 24.1 Å². The van der Waals surface area contributed by atoms with Gasteiger partial charge in [-0.25, -0.2) is 0 Å². The fourth-order valence-corrected chi connectivity index (χ4v) is 4.58. The Morgan fingerprint density at radius 3 is 2.14 bits per heavy atom. The molecule has 1 heterocycles. The van der Waals surface area contributed by atoms with Crippen LogP contribution in [0.2, 0.25) is 5.02 Å². The Balaban J connectivity index is 2.03. The Hall–Kier alpha value is -4.17. The van der Waals surface area contributed by atoms with Crippen molar-refractivity contribution in [2.75, 3.05) is 32.8 Å². The highest BCUT2D eigenvalue weighted by Crippen LogP contribution is 2.46. The van der Waals surface area contributed by atoms with E-state index in [9.17, 15) is 14.7 Å². The molecule has 3 aromatic rings. The highest BCUT2D eigenvalue weighted by atomic mass is 35.5. The number of Topliss-reactive ketones (excluding diaryl/α,β-unsaturated/α-hetero) is 1. The molecule has 3 aromatic carbocycles. The molecule has 37 heavy (non-hydrogen) atoms. The lowest BCUT2D eigenvalue weighted by Gasteiger charge is -2.26. The second-order valence-electron chi connectivity index (χ2n) is 8.03. The molecule has 192 valence electrons. The summed E-state index contributed by atoms with van der Waals surface area (Å²) >= 11 is 6.23. The Morgan fingerprint density at radius 1 is 0.892 bits per heavy atom. The van der Waals surface area contributed by atoms with Crippen molar-refractivity contribution in [3.05, 3.63) is 82.4 Å². The zero-order valence-corrected chi connectivity index (χ0v) is 21.5. The summed E-state index contributed by atoms with van der Waals surface area (Å²) in [5.74, 6) is -0.675. The van der Waals surface area contributed by atoms with Crippen LogP contribution >= 0.6 is 11.6 Å². The normalized spacial score (nSPS) is 16.6. The van der Waals surface area contributed by atoms with E-state index in [1.54, 1.807) is 60.7 Å². The molecule has 0 radical (unpaired) electrons. The van der Waals surface area contributed by atoms with Crippen LogP contribution in [0.4, 0.5) is 5.69 Å². The number of anilines is 1. The number of aliphatic hydroxyl groups excluding tert-OH is 1. The van der Waals surface area contributed by atoms with Crippen molar-refractivity contribution in [2.24, 2.45) is 0 Å². The van der Waals surface area contributed by atoms with Crippen LogP contribution in [0.25, 0.3) is 5.76 Å². The topological polar surface area (TPSA) is 94.5 Å². The first kappa shape index (κ1) is 25.9. The minimum Gasteiger partial charge on any atom is -0.506 e. The summed E-state index contributed by atoms with van der Waals surface area (Å²) in [6.07, 6.45) is 0. The third kappa shape index (κ3) is 4.68. The van der Waals surface area contributed by atoms with Crippen molar-refractivity contribution < 1.29 is 33.6 Å². The molecule has 0 aliphatic carbocycles. The maximum absolute atomic E-state index is 13.5. The van der Waals surface area contributed by atoms with Crippen LogP contribution in [0, 0.1) is 0 Å². The number of rotatable bonds is 8. The van der Waals surface area contributed by atoms with Gasteiger partial charge in [-0.3, -0.25) is 14.5 Å². The van der Waals surface area contributed by atoms with Gasteiger partial charge in [0.05, 0.1) is 39.6 Å². The lowest BCUT2D eigenvalue weighted by atomic mass is 9.94. The maximum atomic E-state index is 13.5. The van der Waals surface area contributed by atoms with Crippen LogP contribution in [-0.4, -0.2) is 44.7 Å². The molecule has 1 unspecified atom stereocenters. The van der Waals surface area contributed by atoms with E-state index in [0.29, 0.717) is 34.4 Å². The van der Waals surface area contributed by atoms with Crippen molar-refractivity contribution >= 4 is 34.7 Å². The lowest BCUT2D eigenvalue weighted by Crippen LogP contribution is -2.29. The highest BCUT2D eigenvalue weighted by Gasteiger charge is 2.47. The number of carbonyl (C=O) groups excluding carboxylic acids is 2. The molecule has 0 saturated carbocycles. The number of hydrogen-bond acceptors (Lipinski definition) is 7. The molecule has 1 N–H and O–H groups in total. The summed E-state index contributed by atoms with van der Waals surface area (Å²) in [5, 5.41) is 12.0. The molecule has 1 saturated heterocycles. The summed E-state index contributed by atoms with van der Waals surface area (Å²) in [6.45, 7) is 2.20. The monoisotopic (exact) mass is 523 g/mol.